The summed E-state index contributed by atoms with van der Waals surface area (Å²) in [5.41, 5.74) is 1.27. The minimum atomic E-state index is -0.324. The van der Waals surface area contributed by atoms with Gasteiger partial charge in [-0.05, 0) is 26.0 Å². The first-order chi connectivity index (χ1) is 8.81. The highest BCUT2D eigenvalue weighted by Gasteiger charge is 2.40. The Bertz CT molecular complexity index is 399. The number of aryl methyl sites for hydroxylation is 1. The van der Waals surface area contributed by atoms with E-state index in [9.17, 15) is 0 Å². The highest BCUT2D eigenvalue weighted by Crippen LogP contribution is 2.30. The molecule has 18 heavy (non-hydrogen) atoms. The number of nitrogens with zero attached hydrogens (tertiary/aromatic N) is 3. The Morgan fingerprint density at radius 2 is 2.22 bits per heavy atom. The predicted molar refractivity (Wildman–Crippen MR) is 67.0 cm³/mol. The normalized spacial score (nSPS) is 23.8. The van der Waals surface area contributed by atoms with E-state index in [0.29, 0.717) is 0 Å². The summed E-state index contributed by atoms with van der Waals surface area (Å²) >= 11 is 0. The highest BCUT2D eigenvalue weighted by molar-refractivity contribution is 5.01. The second-order valence-corrected chi connectivity index (χ2v) is 5.06. The molecule has 0 N–H and O–H groups in total. The third kappa shape index (κ3) is 2.30. The van der Waals surface area contributed by atoms with Crippen molar-refractivity contribution in [3.05, 3.63) is 18.0 Å². The molecule has 1 spiro atoms. The van der Waals surface area contributed by atoms with Crippen molar-refractivity contribution < 1.29 is 9.47 Å². The molecule has 2 saturated heterocycles. The van der Waals surface area contributed by atoms with E-state index < -0.39 is 0 Å². The molecule has 0 saturated carbocycles. The predicted octanol–water partition coefficient (Wildman–Crippen LogP) is 1.24. The van der Waals surface area contributed by atoms with Gasteiger partial charge in [-0.25, -0.2) is 0 Å². The van der Waals surface area contributed by atoms with Crippen molar-refractivity contribution in [1.82, 2.24) is 14.7 Å². The van der Waals surface area contributed by atoms with Crippen LogP contribution in [-0.4, -0.2) is 46.8 Å². The Hall–Kier alpha value is -0.910. The number of ether oxygens (including phenoxy) is 2. The summed E-state index contributed by atoms with van der Waals surface area (Å²) in [5, 5.41) is 4.32. The summed E-state index contributed by atoms with van der Waals surface area (Å²) in [6, 6.07) is 2.10. The second kappa shape index (κ2) is 4.99. The average molecular weight is 251 g/mol. The molecular weight excluding hydrogens is 230 g/mol. The molecule has 2 aliphatic rings. The van der Waals surface area contributed by atoms with Crippen LogP contribution in [0.25, 0.3) is 0 Å². The molecule has 5 heteroatoms. The van der Waals surface area contributed by atoms with Gasteiger partial charge in [-0.2, -0.15) is 5.10 Å². The Balaban J connectivity index is 1.66. The Morgan fingerprint density at radius 1 is 1.39 bits per heavy atom. The summed E-state index contributed by atoms with van der Waals surface area (Å²) in [7, 11) is 0. The van der Waals surface area contributed by atoms with Gasteiger partial charge in [-0.15, -0.1) is 0 Å². The van der Waals surface area contributed by atoms with Crippen molar-refractivity contribution in [3.63, 3.8) is 0 Å². The van der Waals surface area contributed by atoms with Crippen molar-refractivity contribution in [3.8, 4) is 0 Å². The maximum Gasteiger partial charge on any atom is 0.181 e. The quantitative estimate of drug-likeness (QED) is 0.810. The van der Waals surface area contributed by atoms with E-state index in [-0.39, 0.29) is 5.79 Å². The molecule has 100 valence electrons. The van der Waals surface area contributed by atoms with Gasteiger partial charge in [0.1, 0.15) is 0 Å². The van der Waals surface area contributed by atoms with Gasteiger partial charge in [0, 0.05) is 25.7 Å². The summed E-state index contributed by atoms with van der Waals surface area (Å²) in [6.07, 6.45) is 4.04. The van der Waals surface area contributed by atoms with Crippen LogP contribution < -0.4 is 0 Å². The lowest BCUT2D eigenvalue weighted by Crippen LogP contribution is -2.48. The molecule has 1 aromatic heterocycles. The Labute approximate surface area is 108 Å². The molecule has 0 radical (unpaired) electrons. The molecule has 3 heterocycles. The molecule has 1 aromatic rings. The molecule has 0 aromatic carbocycles. The molecule has 2 fully saturated rings. The zero-order valence-electron chi connectivity index (χ0n) is 11.0. The summed E-state index contributed by atoms with van der Waals surface area (Å²) in [6.45, 7) is 7.45. The topological polar surface area (TPSA) is 39.5 Å². The van der Waals surface area contributed by atoms with Crippen LogP contribution in [0.3, 0.4) is 0 Å². The number of aromatic nitrogens is 2. The standard InChI is InChI=1S/C13H21N3O2/c1-2-16-12(4-6-14-16)10-15-7-3-5-13(11-15)17-8-9-18-13/h4,6H,2-3,5,7-11H2,1H3. The van der Waals surface area contributed by atoms with Crippen molar-refractivity contribution in [2.24, 2.45) is 0 Å². The van der Waals surface area contributed by atoms with Crippen molar-refractivity contribution in [2.75, 3.05) is 26.3 Å². The first-order valence-corrected chi connectivity index (χ1v) is 6.82. The minimum Gasteiger partial charge on any atom is -0.346 e. The third-order valence-corrected chi connectivity index (χ3v) is 3.80. The van der Waals surface area contributed by atoms with Crippen molar-refractivity contribution >= 4 is 0 Å². The lowest BCUT2D eigenvalue weighted by molar-refractivity contribution is -0.190. The monoisotopic (exact) mass is 251 g/mol. The maximum atomic E-state index is 5.80. The van der Waals surface area contributed by atoms with E-state index in [2.05, 4.69) is 27.7 Å². The number of piperidine rings is 1. The third-order valence-electron chi connectivity index (χ3n) is 3.80. The molecule has 0 atom stereocenters. The zero-order chi connectivity index (χ0) is 12.4. The molecular formula is C13H21N3O2. The number of hydrogen-bond donors (Lipinski definition) is 0. The second-order valence-electron chi connectivity index (χ2n) is 5.06. The SMILES string of the molecule is CCn1nccc1CN1CCCC2(C1)OCCO2. The lowest BCUT2D eigenvalue weighted by atomic mass is 10.0. The molecule has 0 unspecified atom stereocenters. The van der Waals surface area contributed by atoms with E-state index in [1.54, 1.807) is 0 Å². The first-order valence-electron chi connectivity index (χ1n) is 6.82. The molecule has 2 aliphatic heterocycles. The van der Waals surface area contributed by atoms with Gasteiger partial charge in [-0.1, -0.05) is 0 Å². The van der Waals surface area contributed by atoms with Crippen LogP contribution in [0.15, 0.2) is 12.3 Å². The van der Waals surface area contributed by atoms with Gasteiger partial charge in [-0.3, -0.25) is 9.58 Å². The lowest BCUT2D eigenvalue weighted by Gasteiger charge is -2.38. The van der Waals surface area contributed by atoms with Crippen LogP contribution in [0, 0.1) is 0 Å². The van der Waals surface area contributed by atoms with E-state index >= 15 is 0 Å². The Kier molecular flexibility index (Phi) is 3.37. The fourth-order valence-electron chi connectivity index (χ4n) is 2.95. The van der Waals surface area contributed by atoms with Crippen LogP contribution in [0.1, 0.15) is 25.5 Å². The fourth-order valence-corrected chi connectivity index (χ4v) is 2.95. The number of likely N-dealkylation sites (tertiary alicyclic amines) is 1. The van der Waals surface area contributed by atoms with Gasteiger partial charge < -0.3 is 9.47 Å². The molecule has 0 bridgehead atoms. The van der Waals surface area contributed by atoms with Crippen LogP contribution in [0.5, 0.6) is 0 Å². The fraction of sp³-hybridized carbons (Fsp3) is 0.769. The zero-order valence-corrected chi connectivity index (χ0v) is 11.0. The smallest absolute Gasteiger partial charge is 0.181 e. The highest BCUT2D eigenvalue weighted by atomic mass is 16.7. The first kappa shape index (κ1) is 12.1. The van der Waals surface area contributed by atoms with E-state index in [4.69, 9.17) is 9.47 Å². The van der Waals surface area contributed by atoms with E-state index in [1.165, 1.54) is 5.69 Å². The van der Waals surface area contributed by atoms with Gasteiger partial charge in [0.25, 0.3) is 0 Å². The summed E-state index contributed by atoms with van der Waals surface area (Å²) in [4.78, 5) is 2.41. The maximum absolute atomic E-state index is 5.80. The van der Waals surface area contributed by atoms with Crippen molar-refractivity contribution in [2.45, 2.75) is 38.6 Å². The van der Waals surface area contributed by atoms with Crippen LogP contribution in [0.2, 0.25) is 0 Å². The van der Waals surface area contributed by atoms with Gasteiger partial charge in [0.15, 0.2) is 5.79 Å². The average Bonchev–Trinajstić information content (AvgIpc) is 2.99. The molecule has 5 nitrogen and oxygen atoms in total. The summed E-state index contributed by atoms with van der Waals surface area (Å²) in [5.74, 6) is -0.324. The molecule has 0 amide bonds. The van der Waals surface area contributed by atoms with E-state index in [1.807, 2.05) is 6.20 Å². The summed E-state index contributed by atoms with van der Waals surface area (Å²) < 4.78 is 13.7. The minimum absolute atomic E-state index is 0.324. The molecule has 3 rings (SSSR count). The largest absolute Gasteiger partial charge is 0.346 e. The van der Waals surface area contributed by atoms with Crippen molar-refractivity contribution in [1.29, 1.82) is 0 Å². The van der Waals surface area contributed by atoms with Gasteiger partial charge in [0.2, 0.25) is 0 Å². The van der Waals surface area contributed by atoms with Crippen LogP contribution in [0.4, 0.5) is 0 Å². The van der Waals surface area contributed by atoms with Crippen LogP contribution in [-0.2, 0) is 22.6 Å². The number of hydrogen-bond acceptors (Lipinski definition) is 4. The van der Waals surface area contributed by atoms with Crippen LogP contribution >= 0.6 is 0 Å². The number of rotatable bonds is 3. The van der Waals surface area contributed by atoms with Gasteiger partial charge in [0.05, 0.1) is 25.5 Å². The molecule has 0 aliphatic carbocycles. The van der Waals surface area contributed by atoms with Gasteiger partial charge >= 0.3 is 0 Å². The van der Waals surface area contributed by atoms with E-state index in [0.717, 1.165) is 52.2 Å². The Morgan fingerprint density at radius 3 is 3.00 bits per heavy atom.